The summed E-state index contributed by atoms with van der Waals surface area (Å²) in [7, 11) is 0. The predicted molar refractivity (Wildman–Crippen MR) is 53.6 cm³/mol. The van der Waals surface area contributed by atoms with E-state index >= 15 is 0 Å². The van der Waals surface area contributed by atoms with Crippen molar-refractivity contribution < 1.29 is 9.90 Å². The number of rotatable bonds is 6. The molecule has 3 heteroatoms. The van der Waals surface area contributed by atoms with Gasteiger partial charge in [0.1, 0.15) is 0 Å². The van der Waals surface area contributed by atoms with E-state index in [1.165, 1.54) is 0 Å². The second-order valence-corrected chi connectivity index (χ2v) is 4.02. The van der Waals surface area contributed by atoms with Gasteiger partial charge < -0.3 is 5.11 Å². The number of thioether (sulfide) groups is 1. The van der Waals surface area contributed by atoms with Crippen LogP contribution < -0.4 is 0 Å². The zero-order valence-corrected chi connectivity index (χ0v) is 8.91. The zero-order valence-electron chi connectivity index (χ0n) is 8.09. The summed E-state index contributed by atoms with van der Waals surface area (Å²) in [6, 6.07) is 0. The molecule has 0 heterocycles. The molecule has 0 bridgehead atoms. The number of hydrogen-bond acceptors (Lipinski definition) is 2. The van der Waals surface area contributed by atoms with Crippen LogP contribution in [0.4, 0.5) is 0 Å². The molecule has 0 aliphatic heterocycles. The molecule has 0 spiro atoms. The Morgan fingerprint density at radius 2 is 1.92 bits per heavy atom. The second-order valence-electron chi connectivity index (χ2n) is 3.04. The standard InChI is InChI=1S/C9H18O2S/c1-4-9(5-2,8(10)11)6-7-12-3/h4-7H2,1-3H3,(H,10,11). The van der Waals surface area contributed by atoms with Gasteiger partial charge in [0.2, 0.25) is 0 Å². The van der Waals surface area contributed by atoms with Crippen molar-refractivity contribution >= 4 is 17.7 Å². The van der Waals surface area contributed by atoms with Crippen LogP contribution in [0.5, 0.6) is 0 Å². The minimum Gasteiger partial charge on any atom is -0.481 e. The van der Waals surface area contributed by atoms with E-state index in [1.807, 2.05) is 20.1 Å². The maximum absolute atomic E-state index is 11.0. The van der Waals surface area contributed by atoms with Crippen molar-refractivity contribution in [3.63, 3.8) is 0 Å². The van der Waals surface area contributed by atoms with Crippen LogP contribution in [-0.4, -0.2) is 23.1 Å². The lowest BCUT2D eigenvalue weighted by Gasteiger charge is -2.25. The average molecular weight is 190 g/mol. The molecular weight excluding hydrogens is 172 g/mol. The second kappa shape index (κ2) is 5.46. The smallest absolute Gasteiger partial charge is 0.309 e. The third-order valence-electron chi connectivity index (χ3n) is 2.59. The molecule has 72 valence electrons. The van der Waals surface area contributed by atoms with Crippen LogP contribution in [0.15, 0.2) is 0 Å². The fraction of sp³-hybridized carbons (Fsp3) is 0.889. The van der Waals surface area contributed by atoms with Crippen LogP contribution in [0.2, 0.25) is 0 Å². The van der Waals surface area contributed by atoms with E-state index < -0.39 is 11.4 Å². The third-order valence-corrected chi connectivity index (χ3v) is 3.20. The molecule has 0 aliphatic carbocycles. The van der Waals surface area contributed by atoms with Gasteiger partial charge in [-0.25, -0.2) is 0 Å². The van der Waals surface area contributed by atoms with Gasteiger partial charge in [-0.2, -0.15) is 11.8 Å². The van der Waals surface area contributed by atoms with E-state index in [1.54, 1.807) is 11.8 Å². The average Bonchev–Trinajstić information content (AvgIpc) is 2.07. The van der Waals surface area contributed by atoms with E-state index in [9.17, 15) is 4.79 Å². The Kier molecular flexibility index (Phi) is 5.38. The SMILES string of the molecule is CCC(CC)(CCSC)C(=O)O. The van der Waals surface area contributed by atoms with E-state index in [0.29, 0.717) is 0 Å². The van der Waals surface area contributed by atoms with Crippen molar-refractivity contribution in [2.45, 2.75) is 33.1 Å². The van der Waals surface area contributed by atoms with Gasteiger partial charge in [-0.3, -0.25) is 4.79 Å². The summed E-state index contributed by atoms with van der Waals surface area (Å²) in [5, 5.41) is 9.04. The van der Waals surface area contributed by atoms with E-state index in [2.05, 4.69) is 0 Å². The lowest BCUT2D eigenvalue weighted by molar-refractivity contribution is -0.149. The maximum atomic E-state index is 11.0. The lowest BCUT2D eigenvalue weighted by Crippen LogP contribution is -2.30. The van der Waals surface area contributed by atoms with Crippen LogP contribution in [0.25, 0.3) is 0 Å². The molecule has 0 aliphatic rings. The molecule has 0 fully saturated rings. The van der Waals surface area contributed by atoms with Crippen LogP contribution in [0.1, 0.15) is 33.1 Å². The molecule has 0 radical (unpaired) electrons. The van der Waals surface area contributed by atoms with Gasteiger partial charge in [-0.1, -0.05) is 13.8 Å². The van der Waals surface area contributed by atoms with Crippen LogP contribution in [0.3, 0.4) is 0 Å². The van der Waals surface area contributed by atoms with Crippen molar-refractivity contribution in [3.05, 3.63) is 0 Å². The molecule has 0 aromatic carbocycles. The maximum Gasteiger partial charge on any atom is 0.309 e. The van der Waals surface area contributed by atoms with Crippen LogP contribution >= 0.6 is 11.8 Å². The molecule has 0 saturated heterocycles. The fourth-order valence-corrected chi connectivity index (χ4v) is 1.91. The van der Waals surface area contributed by atoms with Gasteiger partial charge in [0, 0.05) is 0 Å². The molecule has 0 atom stereocenters. The van der Waals surface area contributed by atoms with Crippen molar-refractivity contribution in [2.24, 2.45) is 5.41 Å². The van der Waals surface area contributed by atoms with Gasteiger partial charge in [0.25, 0.3) is 0 Å². The van der Waals surface area contributed by atoms with E-state index in [-0.39, 0.29) is 0 Å². The van der Waals surface area contributed by atoms with E-state index in [4.69, 9.17) is 5.11 Å². The van der Waals surface area contributed by atoms with Crippen LogP contribution in [0, 0.1) is 5.41 Å². The Labute approximate surface area is 78.7 Å². The third kappa shape index (κ3) is 2.70. The number of hydrogen-bond donors (Lipinski definition) is 1. The normalized spacial score (nSPS) is 11.6. The largest absolute Gasteiger partial charge is 0.481 e. The molecule has 0 saturated carbocycles. The minimum absolute atomic E-state index is 0.469. The highest BCUT2D eigenvalue weighted by Crippen LogP contribution is 2.31. The van der Waals surface area contributed by atoms with Crippen molar-refractivity contribution in [3.8, 4) is 0 Å². The summed E-state index contributed by atoms with van der Waals surface area (Å²) in [4.78, 5) is 11.0. The highest BCUT2D eigenvalue weighted by Gasteiger charge is 2.33. The van der Waals surface area contributed by atoms with Gasteiger partial charge in [0.05, 0.1) is 5.41 Å². The van der Waals surface area contributed by atoms with Crippen molar-refractivity contribution in [1.82, 2.24) is 0 Å². The summed E-state index contributed by atoms with van der Waals surface area (Å²) in [6.45, 7) is 3.91. The first kappa shape index (κ1) is 11.8. The molecule has 1 N–H and O–H groups in total. The summed E-state index contributed by atoms with van der Waals surface area (Å²) in [5.41, 5.74) is -0.469. The number of carboxylic acid groups (broad SMARTS) is 1. The first-order chi connectivity index (χ1) is 5.63. The fourth-order valence-electron chi connectivity index (χ4n) is 1.31. The first-order valence-corrected chi connectivity index (χ1v) is 5.74. The molecule has 0 amide bonds. The topological polar surface area (TPSA) is 37.3 Å². The molecule has 0 unspecified atom stereocenters. The molecule has 0 rings (SSSR count). The Hall–Kier alpha value is -0.180. The number of carboxylic acids is 1. The molecule has 0 aromatic rings. The van der Waals surface area contributed by atoms with Gasteiger partial charge in [-0.05, 0) is 31.3 Å². The zero-order chi connectivity index (χ0) is 9.61. The minimum atomic E-state index is -0.637. The summed E-state index contributed by atoms with van der Waals surface area (Å²) < 4.78 is 0. The number of carbonyl (C=O) groups is 1. The summed E-state index contributed by atoms with van der Waals surface area (Å²) >= 11 is 1.71. The molecule has 12 heavy (non-hydrogen) atoms. The molecule has 2 nitrogen and oxygen atoms in total. The molecule has 0 aromatic heterocycles. The van der Waals surface area contributed by atoms with Crippen molar-refractivity contribution in [1.29, 1.82) is 0 Å². The van der Waals surface area contributed by atoms with Crippen LogP contribution in [-0.2, 0) is 4.79 Å². The summed E-state index contributed by atoms with van der Waals surface area (Å²) in [5.74, 6) is 0.301. The Morgan fingerprint density at radius 1 is 1.42 bits per heavy atom. The highest BCUT2D eigenvalue weighted by atomic mass is 32.2. The predicted octanol–water partition coefficient (Wildman–Crippen LogP) is 2.63. The monoisotopic (exact) mass is 190 g/mol. The van der Waals surface area contributed by atoms with Crippen molar-refractivity contribution in [2.75, 3.05) is 12.0 Å². The lowest BCUT2D eigenvalue weighted by atomic mass is 9.80. The number of aliphatic carboxylic acids is 1. The Balaban J connectivity index is 4.25. The first-order valence-electron chi connectivity index (χ1n) is 4.35. The highest BCUT2D eigenvalue weighted by molar-refractivity contribution is 7.98. The van der Waals surface area contributed by atoms with Gasteiger partial charge in [-0.15, -0.1) is 0 Å². The summed E-state index contributed by atoms with van der Waals surface area (Å²) in [6.07, 6.45) is 4.27. The quantitative estimate of drug-likeness (QED) is 0.699. The van der Waals surface area contributed by atoms with Gasteiger partial charge >= 0.3 is 5.97 Å². The Bertz CT molecular complexity index is 141. The molecular formula is C9H18O2S. The van der Waals surface area contributed by atoms with E-state index in [0.717, 1.165) is 25.0 Å². The Morgan fingerprint density at radius 3 is 2.17 bits per heavy atom. The van der Waals surface area contributed by atoms with Gasteiger partial charge in [0.15, 0.2) is 0 Å².